The van der Waals surface area contributed by atoms with Crippen molar-refractivity contribution < 1.29 is 49.2 Å². The van der Waals surface area contributed by atoms with Crippen molar-refractivity contribution in [3.63, 3.8) is 0 Å². The molecule has 5 atom stereocenters. The Morgan fingerprint density at radius 2 is 1.55 bits per heavy atom. The molecule has 306 valence electrons. The highest BCUT2D eigenvalue weighted by molar-refractivity contribution is 6.14. The second-order valence-electron chi connectivity index (χ2n) is 15.0. The van der Waals surface area contributed by atoms with Crippen molar-refractivity contribution in [2.24, 2.45) is 22.7 Å². The van der Waals surface area contributed by atoms with Gasteiger partial charge >= 0.3 is 23.9 Å². The van der Waals surface area contributed by atoms with E-state index in [4.69, 9.17) is 10.1 Å². The van der Waals surface area contributed by atoms with Crippen molar-refractivity contribution in [2.75, 3.05) is 0 Å². The van der Waals surface area contributed by atoms with E-state index in [1.165, 1.54) is 0 Å². The second-order valence-corrected chi connectivity index (χ2v) is 15.0. The molecule has 0 spiro atoms. The lowest BCUT2D eigenvalue weighted by atomic mass is 9.84. The molecule has 5 rings (SSSR count). The summed E-state index contributed by atoms with van der Waals surface area (Å²) in [6, 6.07) is -1.89. The van der Waals surface area contributed by atoms with Crippen molar-refractivity contribution >= 4 is 71.7 Å². The van der Waals surface area contributed by atoms with Crippen LogP contribution in [-0.2, 0) is 35.2 Å². The van der Waals surface area contributed by atoms with E-state index in [-0.39, 0.29) is 42.9 Å². The summed E-state index contributed by atoms with van der Waals surface area (Å²) in [5, 5.41) is 44.7. The van der Waals surface area contributed by atoms with E-state index in [0.717, 1.165) is 61.5 Å². The topological polar surface area (TPSA) is 251 Å². The third kappa shape index (κ3) is 9.36. The van der Waals surface area contributed by atoms with Gasteiger partial charge < -0.3 is 41.0 Å². The number of hydrogen-bond acceptors (Lipinski definition) is 8. The van der Waals surface area contributed by atoms with Gasteiger partial charge in [-0.2, -0.15) is 0 Å². The Hall–Kier alpha value is -6.51. The van der Waals surface area contributed by atoms with Crippen LogP contribution in [-0.4, -0.2) is 83.8 Å². The van der Waals surface area contributed by atoms with Crippen molar-refractivity contribution in [3.8, 4) is 0 Å². The third-order valence-electron chi connectivity index (χ3n) is 11.2. The SMILES string of the molecule is C=CC1=C(C)/C2=C/c3[nH]c(c(C)c3C=C)/C=C3N=C(/C=c4\[nH]/c(c(C)c4CCC(=O)N[C@@H](CC(=O)O)C(=O)O)=C\C1N2)C(CCC(=O)CC(CC(=O)O)C(=O)O)C\3C. The summed E-state index contributed by atoms with van der Waals surface area (Å²) in [5.41, 5.74) is 9.25. The first-order valence-electron chi connectivity index (χ1n) is 19.0. The molecule has 0 saturated heterocycles. The molecular weight excluding hydrogens is 746 g/mol. The van der Waals surface area contributed by atoms with E-state index in [9.17, 15) is 44.1 Å². The molecule has 0 fully saturated rings. The van der Waals surface area contributed by atoms with Gasteiger partial charge in [-0.15, -0.1) is 0 Å². The number of Topliss-reactive ketones (excluding diaryl/α,β-unsaturated/α-hetero) is 1. The first-order chi connectivity index (χ1) is 27.4. The van der Waals surface area contributed by atoms with Gasteiger partial charge in [0.2, 0.25) is 5.91 Å². The Bertz CT molecular complexity index is 2350. The van der Waals surface area contributed by atoms with Gasteiger partial charge in [0.25, 0.3) is 0 Å². The lowest BCUT2D eigenvalue weighted by Crippen LogP contribution is -2.42. The van der Waals surface area contributed by atoms with Crippen LogP contribution in [0.25, 0.3) is 30.4 Å². The van der Waals surface area contributed by atoms with E-state index >= 15 is 0 Å². The molecule has 0 saturated carbocycles. The van der Waals surface area contributed by atoms with Gasteiger partial charge in [-0.05, 0) is 85.8 Å². The maximum Gasteiger partial charge on any atom is 0.326 e. The van der Waals surface area contributed by atoms with E-state index in [1.54, 1.807) is 12.2 Å². The summed E-state index contributed by atoms with van der Waals surface area (Å²) in [6.45, 7) is 16.0. The van der Waals surface area contributed by atoms with Crippen molar-refractivity contribution in [2.45, 2.75) is 84.7 Å². The van der Waals surface area contributed by atoms with E-state index < -0.39 is 61.0 Å². The number of aromatic amines is 2. The number of allylic oxidation sites excluding steroid dienone is 2. The summed E-state index contributed by atoms with van der Waals surface area (Å²) < 4.78 is 0. The Balaban J connectivity index is 1.64. The highest BCUT2D eigenvalue weighted by Crippen LogP contribution is 2.37. The predicted octanol–water partition coefficient (Wildman–Crippen LogP) is 3.63. The highest BCUT2D eigenvalue weighted by Gasteiger charge is 2.33. The highest BCUT2D eigenvalue weighted by atomic mass is 16.4. The quantitative estimate of drug-likeness (QED) is 0.115. The Morgan fingerprint density at radius 3 is 2.17 bits per heavy atom. The lowest BCUT2D eigenvalue weighted by molar-refractivity contribution is -0.149. The number of aliphatic carboxylic acids is 4. The van der Waals surface area contributed by atoms with Gasteiger partial charge in [-0.3, -0.25) is 29.0 Å². The number of carbonyl (C=O) groups excluding carboxylic acids is 2. The lowest BCUT2D eigenvalue weighted by Gasteiger charge is -2.17. The molecule has 0 aromatic carbocycles. The van der Waals surface area contributed by atoms with Crippen LogP contribution in [0.15, 0.2) is 46.8 Å². The molecule has 4 unspecified atom stereocenters. The van der Waals surface area contributed by atoms with Crippen molar-refractivity contribution in [1.29, 1.82) is 0 Å². The van der Waals surface area contributed by atoms with E-state index in [0.29, 0.717) is 17.5 Å². The van der Waals surface area contributed by atoms with Gasteiger partial charge in [-0.1, -0.05) is 32.2 Å². The minimum Gasteiger partial charge on any atom is -0.481 e. The van der Waals surface area contributed by atoms with Crippen LogP contribution < -0.4 is 21.3 Å². The summed E-state index contributed by atoms with van der Waals surface area (Å²) in [6.07, 6.45) is 9.90. The van der Waals surface area contributed by atoms with Crippen LogP contribution in [0, 0.1) is 31.6 Å². The molecule has 0 radical (unpaired) electrons. The van der Waals surface area contributed by atoms with Crippen LogP contribution in [0.4, 0.5) is 0 Å². The molecule has 15 heteroatoms. The number of rotatable bonds is 17. The summed E-state index contributed by atoms with van der Waals surface area (Å²) in [4.78, 5) is 84.3. The molecule has 5 heterocycles. The first kappa shape index (κ1) is 42.6. The van der Waals surface area contributed by atoms with E-state index in [1.807, 2.05) is 52.0 Å². The number of carbonyl (C=O) groups is 6. The molecule has 58 heavy (non-hydrogen) atoms. The molecule has 8 N–H and O–H groups in total. The largest absolute Gasteiger partial charge is 0.481 e. The van der Waals surface area contributed by atoms with Crippen LogP contribution in [0.5, 0.6) is 0 Å². The fourth-order valence-corrected chi connectivity index (χ4v) is 7.90. The summed E-state index contributed by atoms with van der Waals surface area (Å²) in [7, 11) is 0. The van der Waals surface area contributed by atoms with Crippen molar-refractivity contribution in [3.05, 3.63) is 86.1 Å². The van der Waals surface area contributed by atoms with Gasteiger partial charge in [-0.25, -0.2) is 4.79 Å². The van der Waals surface area contributed by atoms with Gasteiger partial charge in [0.05, 0.1) is 24.8 Å². The Morgan fingerprint density at radius 1 is 0.845 bits per heavy atom. The molecule has 3 aliphatic rings. The Labute approximate surface area is 334 Å². The molecule has 2 aromatic rings. The summed E-state index contributed by atoms with van der Waals surface area (Å²) in [5.74, 6) is -8.38. The van der Waals surface area contributed by atoms with Gasteiger partial charge in [0, 0.05) is 75.9 Å². The van der Waals surface area contributed by atoms with Gasteiger partial charge in [0.15, 0.2) is 0 Å². The second kappa shape index (κ2) is 17.7. The number of carboxylic acid groups (broad SMARTS) is 4. The minimum atomic E-state index is -1.60. The van der Waals surface area contributed by atoms with Gasteiger partial charge in [0.1, 0.15) is 11.8 Å². The number of hydrogen-bond donors (Lipinski definition) is 8. The van der Waals surface area contributed by atoms with Crippen LogP contribution in [0.2, 0.25) is 0 Å². The fourth-order valence-electron chi connectivity index (χ4n) is 7.90. The number of fused-ring (bicyclic) bond motifs is 7. The maximum absolute atomic E-state index is 13.2. The van der Waals surface area contributed by atoms with Crippen LogP contribution >= 0.6 is 0 Å². The zero-order chi connectivity index (χ0) is 42.6. The molecule has 3 aliphatic heterocycles. The molecule has 0 aliphatic carbocycles. The monoisotopic (exact) mass is 795 g/mol. The smallest absolute Gasteiger partial charge is 0.326 e. The number of ketones is 1. The Kier molecular flexibility index (Phi) is 13.0. The number of nitrogens with zero attached hydrogens (tertiary/aromatic N) is 1. The molecular formula is C43H49N5O10. The molecule has 1 amide bonds. The number of nitrogens with one attached hydrogen (secondary N) is 4. The first-order valence-corrected chi connectivity index (χ1v) is 19.0. The number of aliphatic imine (C=N–C) groups is 1. The zero-order valence-corrected chi connectivity index (χ0v) is 32.9. The fraction of sp³-hybridized carbons (Fsp3) is 0.372. The number of H-pyrrole nitrogens is 2. The minimum absolute atomic E-state index is 0.0152. The average molecular weight is 796 g/mol. The van der Waals surface area contributed by atoms with Crippen LogP contribution in [0.3, 0.4) is 0 Å². The number of amides is 1. The predicted molar refractivity (Wildman–Crippen MR) is 218 cm³/mol. The standard InChI is InChI=1S/C43H49N5O10/c1-7-26-20(3)30-15-31-22(5)28(10-9-25(49)13-24(42(55)56)14-40(51)52)36(46-31)18-37-29(11-12-39(50)48-38(43(57)58)19-41(53)54)23(6)33(47-37)17-35-27(8-2)21(4)32(45-35)16-34(26)44-30/h7-8,15-18,22,24,28,35,38,44-45,47H,1-2,9-14,19H2,3-6H3,(H,48,50)(H,51,52)(H,53,54)(H,55,56)(H,57,58)/b31-15-,32-16-,33-17-,37-18-/t22?,24?,28?,35?,38-/m0/s1. The van der Waals surface area contributed by atoms with Crippen LogP contribution in [0.1, 0.15) is 86.0 Å². The molecule has 15 nitrogen and oxygen atoms in total. The summed E-state index contributed by atoms with van der Waals surface area (Å²) >= 11 is 0. The third-order valence-corrected chi connectivity index (χ3v) is 11.2. The molecule has 8 bridgehead atoms. The van der Waals surface area contributed by atoms with Crippen molar-refractivity contribution in [1.82, 2.24) is 20.6 Å². The zero-order valence-electron chi connectivity index (χ0n) is 32.9. The normalized spacial score (nSPS) is 22.3. The number of carboxylic acids is 4. The average Bonchev–Trinajstić information content (AvgIpc) is 3.81. The van der Waals surface area contributed by atoms with E-state index in [2.05, 4.69) is 33.8 Å². The molecule has 2 aromatic heterocycles. The maximum atomic E-state index is 13.2. The number of aromatic nitrogens is 2.